The van der Waals surface area contributed by atoms with Gasteiger partial charge in [-0.15, -0.1) is 0 Å². The molecule has 3 rings (SSSR count). The van der Waals surface area contributed by atoms with Gasteiger partial charge in [0.25, 0.3) is 0 Å². The number of aromatic nitrogens is 2. The summed E-state index contributed by atoms with van der Waals surface area (Å²) in [6.07, 6.45) is -4.41. The van der Waals surface area contributed by atoms with Crippen LogP contribution in [-0.4, -0.2) is 13.8 Å². The van der Waals surface area contributed by atoms with Crippen LogP contribution in [0.4, 0.5) is 13.2 Å². The maximum atomic E-state index is 12.9. The van der Waals surface area contributed by atoms with Crippen molar-refractivity contribution in [1.29, 1.82) is 0 Å². The lowest BCUT2D eigenvalue weighted by molar-refractivity contribution is -0.137. The van der Waals surface area contributed by atoms with Crippen molar-refractivity contribution < 1.29 is 17.4 Å². The number of fused-ring (bicyclic) bond motifs is 1. The van der Waals surface area contributed by atoms with E-state index in [0.29, 0.717) is 33.3 Å². The van der Waals surface area contributed by atoms with Gasteiger partial charge in [0.05, 0.1) is 28.0 Å². The van der Waals surface area contributed by atoms with E-state index in [-0.39, 0.29) is 6.54 Å². The molecule has 9 heteroatoms. The van der Waals surface area contributed by atoms with Crippen molar-refractivity contribution in [2.45, 2.75) is 31.1 Å². The van der Waals surface area contributed by atoms with Crippen LogP contribution in [0.3, 0.4) is 0 Å². The van der Waals surface area contributed by atoms with Gasteiger partial charge in [-0.2, -0.15) is 13.2 Å². The molecular weight excluding hydrogens is 387 g/mol. The fraction of sp³-hybridized carbons (Fsp3) is 0.235. The molecule has 3 aromatic rings. The van der Waals surface area contributed by atoms with Crippen molar-refractivity contribution >= 4 is 33.6 Å². The van der Waals surface area contributed by atoms with Crippen molar-refractivity contribution in [2.24, 2.45) is 0 Å². The molecule has 0 saturated carbocycles. The van der Waals surface area contributed by atoms with Gasteiger partial charge in [-0.3, -0.25) is 0 Å². The zero-order valence-corrected chi connectivity index (χ0v) is 15.3. The van der Waals surface area contributed by atoms with Crippen LogP contribution in [0.2, 0.25) is 5.02 Å². The van der Waals surface area contributed by atoms with Gasteiger partial charge in [-0.05, 0) is 49.4 Å². The van der Waals surface area contributed by atoms with Crippen molar-refractivity contribution in [2.75, 3.05) is 0 Å². The van der Waals surface area contributed by atoms with Gasteiger partial charge >= 0.3 is 6.18 Å². The van der Waals surface area contributed by atoms with Crippen LogP contribution < -0.4 is 4.72 Å². The molecule has 1 N–H and O–H groups in total. The predicted molar refractivity (Wildman–Crippen MR) is 95.1 cm³/mol. The number of hydrogen-bond acceptors (Lipinski definition) is 2. The largest absolute Gasteiger partial charge is 0.416 e. The first kappa shape index (κ1) is 18.9. The van der Waals surface area contributed by atoms with E-state index >= 15 is 0 Å². The van der Waals surface area contributed by atoms with E-state index in [1.54, 1.807) is 28.8 Å². The first-order valence-electron chi connectivity index (χ1n) is 7.77. The summed E-state index contributed by atoms with van der Waals surface area (Å²) in [5, 5.41) is 0.541. The van der Waals surface area contributed by atoms with Gasteiger partial charge in [-0.25, -0.2) is 13.9 Å². The monoisotopic (exact) mass is 401 g/mol. The third-order valence-electron chi connectivity index (χ3n) is 3.86. The highest BCUT2D eigenvalue weighted by Gasteiger charge is 2.31. The lowest BCUT2D eigenvalue weighted by Gasteiger charge is -2.09. The quantitative estimate of drug-likeness (QED) is 0.682. The highest BCUT2D eigenvalue weighted by molar-refractivity contribution is 7.83. The first-order valence-corrected chi connectivity index (χ1v) is 9.29. The Hall–Kier alpha value is -1.90. The Bertz CT molecular complexity index is 954. The lowest BCUT2D eigenvalue weighted by Crippen LogP contribution is -2.19. The third kappa shape index (κ3) is 3.92. The molecule has 2 aromatic carbocycles. The molecule has 0 fully saturated rings. The first-order chi connectivity index (χ1) is 12.3. The minimum Gasteiger partial charge on any atom is -0.327 e. The van der Waals surface area contributed by atoms with E-state index in [0.717, 1.165) is 12.1 Å². The van der Waals surface area contributed by atoms with Crippen LogP contribution in [0, 0.1) is 0 Å². The van der Waals surface area contributed by atoms with Gasteiger partial charge in [0, 0.05) is 11.6 Å². The number of halogens is 4. The van der Waals surface area contributed by atoms with E-state index in [2.05, 4.69) is 9.71 Å². The molecule has 0 bridgehead atoms. The van der Waals surface area contributed by atoms with Gasteiger partial charge < -0.3 is 4.57 Å². The summed E-state index contributed by atoms with van der Waals surface area (Å²) >= 11 is 5.81. The molecule has 0 aliphatic rings. The summed E-state index contributed by atoms with van der Waals surface area (Å²) in [4.78, 5) is 4.91. The predicted octanol–water partition coefficient (Wildman–Crippen LogP) is 4.54. The molecular formula is C17H15ClF3N3OS. The fourth-order valence-electron chi connectivity index (χ4n) is 2.61. The zero-order valence-electron chi connectivity index (χ0n) is 13.7. The summed E-state index contributed by atoms with van der Waals surface area (Å²) in [6.45, 7) is 2.42. The maximum absolute atomic E-state index is 12.9. The number of hydrogen-bond donors (Lipinski definition) is 1. The Morgan fingerprint density at radius 1 is 1.19 bits per heavy atom. The number of benzene rings is 2. The third-order valence-corrected chi connectivity index (χ3v) is 5.22. The van der Waals surface area contributed by atoms with Gasteiger partial charge in [-0.1, -0.05) is 11.6 Å². The molecule has 26 heavy (non-hydrogen) atoms. The van der Waals surface area contributed by atoms with E-state index in [9.17, 15) is 17.4 Å². The molecule has 0 amide bonds. The molecule has 138 valence electrons. The molecule has 1 aromatic heterocycles. The van der Waals surface area contributed by atoms with Gasteiger partial charge in [0.2, 0.25) is 0 Å². The Balaban J connectivity index is 1.85. The number of aryl methyl sites for hydroxylation is 1. The summed E-state index contributed by atoms with van der Waals surface area (Å²) < 4.78 is 55.6. The molecule has 1 unspecified atom stereocenters. The molecule has 0 saturated heterocycles. The zero-order chi connectivity index (χ0) is 18.9. The van der Waals surface area contributed by atoms with E-state index in [4.69, 9.17) is 11.6 Å². The molecule has 1 heterocycles. The Labute approximate surface area is 155 Å². The van der Waals surface area contributed by atoms with Crippen LogP contribution in [-0.2, 0) is 30.3 Å². The maximum Gasteiger partial charge on any atom is 0.416 e. The van der Waals surface area contributed by atoms with E-state index in [1.165, 1.54) is 6.07 Å². The second-order valence-corrected chi connectivity index (χ2v) is 7.25. The number of nitrogens with zero attached hydrogens (tertiary/aromatic N) is 2. The van der Waals surface area contributed by atoms with E-state index < -0.39 is 22.7 Å². The normalized spacial score (nSPS) is 13.3. The second kappa shape index (κ2) is 7.38. The summed E-state index contributed by atoms with van der Waals surface area (Å²) in [7, 11) is -1.48. The standard InChI is InChI=1S/C17H15ClF3N3OS/c1-2-24-15-9-11(17(19,20)21)3-8-14(15)23-16(24)10-22-26(25)13-6-4-12(18)5-7-13/h3-9,22H,2,10H2,1H3. The number of nitrogens with one attached hydrogen (secondary N) is 1. The molecule has 4 nitrogen and oxygen atoms in total. The highest BCUT2D eigenvalue weighted by Crippen LogP contribution is 2.31. The van der Waals surface area contributed by atoms with Crippen LogP contribution in [0.5, 0.6) is 0 Å². The number of alkyl halides is 3. The Morgan fingerprint density at radius 2 is 1.88 bits per heavy atom. The molecule has 1 atom stereocenters. The Morgan fingerprint density at radius 3 is 2.50 bits per heavy atom. The average Bonchev–Trinajstić information content (AvgIpc) is 2.96. The summed E-state index contributed by atoms with van der Waals surface area (Å²) in [5.41, 5.74) is 0.147. The Kier molecular flexibility index (Phi) is 5.36. The van der Waals surface area contributed by atoms with E-state index in [1.807, 2.05) is 6.92 Å². The minimum absolute atomic E-state index is 0.152. The SMILES string of the molecule is CCn1c(CNS(=O)c2ccc(Cl)cc2)nc2ccc(C(F)(F)F)cc21. The van der Waals surface area contributed by atoms with Gasteiger partial charge in [0.15, 0.2) is 0 Å². The molecule has 0 aliphatic carbocycles. The average molecular weight is 402 g/mol. The molecule has 0 aliphatic heterocycles. The lowest BCUT2D eigenvalue weighted by atomic mass is 10.2. The second-order valence-electron chi connectivity index (χ2n) is 5.52. The van der Waals surface area contributed by atoms with Gasteiger partial charge in [0.1, 0.15) is 16.8 Å². The number of rotatable bonds is 5. The molecule has 0 radical (unpaired) electrons. The van der Waals surface area contributed by atoms with Crippen LogP contribution in [0.15, 0.2) is 47.4 Å². The minimum atomic E-state index is -4.41. The van der Waals surface area contributed by atoms with Crippen molar-refractivity contribution in [1.82, 2.24) is 14.3 Å². The molecule has 0 spiro atoms. The van der Waals surface area contributed by atoms with Crippen LogP contribution in [0.1, 0.15) is 18.3 Å². The summed E-state index contributed by atoms with van der Waals surface area (Å²) in [6, 6.07) is 10.0. The topological polar surface area (TPSA) is 46.9 Å². The van der Waals surface area contributed by atoms with Crippen molar-refractivity contribution in [3.8, 4) is 0 Å². The van der Waals surface area contributed by atoms with Crippen LogP contribution >= 0.6 is 11.6 Å². The van der Waals surface area contributed by atoms with Crippen molar-refractivity contribution in [3.05, 3.63) is 58.9 Å². The summed E-state index contributed by atoms with van der Waals surface area (Å²) in [5.74, 6) is 0.518. The van der Waals surface area contributed by atoms with Crippen molar-refractivity contribution in [3.63, 3.8) is 0 Å². The highest BCUT2D eigenvalue weighted by atomic mass is 35.5. The van der Waals surface area contributed by atoms with Crippen LogP contribution in [0.25, 0.3) is 11.0 Å². The number of imidazole rings is 1. The fourth-order valence-corrected chi connectivity index (χ4v) is 3.54. The smallest absolute Gasteiger partial charge is 0.327 e.